The van der Waals surface area contributed by atoms with Crippen LogP contribution in [0.3, 0.4) is 0 Å². The molecule has 21 heavy (non-hydrogen) atoms. The van der Waals surface area contributed by atoms with E-state index < -0.39 is 0 Å². The molecule has 0 spiro atoms. The topological polar surface area (TPSA) is 35.2 Å². The Hall–Kier alpha value is -1.32. The molecule has 0 radical (unpaired) electrons. The van der Waals surface area contributed by atoms with Gasteiger partial charge in [0.2, 0.25) is 0 Å². The van der Waals surface area contributed by atoms with E-state index in [1.54, 1.807) is 0 Å². The molecule has 0 aliphatic heterocycles. The Bertz CT molecular complexity index is 554. The smallest absolute Gasteiger partial charge is 0.133 e. The predicted molar refractivity (Wildman–Crippen MR) is 91.8 cm³/mol. The van der Waals surface area contributed by atoms with Crippen molar-refractivity contribution in [3.63, 3.8) is 0 Å². The maximum Gasteiger partial charge on any atom is 0.133 e. The lowest BCUT2D eigenvalue weighted by Crippen LogP contribution is -2.17. The highest BCUT2D eigenvalue weighted by Crippen LogP contribution is 2.26. The van der Waals surface area contributed by atoms with Gasteiger partial charge in [0.1, 0.15) is 5.75 Å². The molecule has 0 heterocycles. The fraction of sp³-hybridized carbons (Fsp3) is 0.333. The lowest BCUT2D eigenvalue weighted by atomic mass is 10.1. The Balaban J connectivity index is 1.80. The number of rotatable bonds is 7. The molecule has 0 saturated heterocycles. The highest BCUT2D eigenvalue weighted by molar-refractivity contribution is 9.10. The third-order valence-electron chi connectivity index (χ3n) is 3.26. The van der Waals surface area contributed by atoms with Gasteiger partial charge in [0.25, 0.3) is 0 Å². The largest absolute Gasteiger partial charge is 0.492 e. The third-order valence-corrected chi connectivity index (χ3v) is 3.88. The van der Waals surface area contributed by atoms with Gasteiger partial charge in [-0.05, 0) is 65.4 Å². The van der Waals surface area contributed by atoms with Gasteiger partial charge in [-0.2, -0.15) is 0 Å². The van der Waals surface area contributed by atoms with Gasteiger partial charge in [0.15, 0.2) is 0 Å². The summed E-state index contributed by atoms with van der Waals surface area (Å²) in [5.74, 6) is 0.900. The minimum atomic E-state index is 0.176. The summed E-state index contributed by atoms with van der Waals surface area (Å²) in [6, 6.07) is 16.9. The van der Waals surface area contributed by atoms with Crippen molar-refractivity contribution in [2.45, 2.75) is 32.2 Å². The molecule has 1 unspecified atom stereocenters. The van der Waals surface area contributed by atoms with Crippen molar-refractivity contribution < 1.29 is 4.74 Å². The molecule has 2 N–H and O–H groups in total. The van der Waals surface area contributed by atoms with Crippen LogP contribution in [0.25, 0.3) is 0 Å². The molecule has 112 valence electrons. The zero-order valence-corrected chi connectivity index (χ0v) is 14.0. The summed E-state index contributed by atoms with van der Waals surface area (Å²) >= 11 is 3.57. The van der Waals surface area contributed by atoms with Crippen LogP contribution in [0.15, 0.2) is 53.0 Å². The summed E-state index contributed by atoms with van der Waals surface area (Å²) < 4.78 is 6.84. The standard InChI is InChI=1S/C18H22BrNO/c1-14(20)12-16-9-10-18(17(19)13-16)21-11-5-8-15-6-3-2-4-7-15/h2-4,6-7,9-10,13-14H,5,8,11-12,20H2,1H3. The van der Waals surface area contributed by atoms with E-state index in [0.717, 1.165) is 36.1 Å². The number of benzene rings is 2. The highest BCUT2D eigenvalue weighted by Gasteiger charge is 2.04. The van der Waals surface area contributed by atoms with E-state index in [1.807, 2.05) is 19.1 Å². The Morgan fingerprint density at radius 3 is 2.52 bits per heavy atom. The summed E-state index contributed by atoms with van der Waals surface area (Å²) in [4.78, 5) is 0. The molecule has 2 rings (SSSR count). The first-order valence-corrected chi connectivity index (χ1v) is 8.15. The van der Waals surface area contributed by atoms with Crippen molar-refractivity contribution in [1.29, 1.82) is 0 Å². The van der Waals surface area contributed by atoms with Crippen molar-refractivity contribution >= 4 is 15.9 Å². The van der Waals surface area contributed by atoms with Crippen LogP contribution in [0.2, 0.25) is 0 Å². The Kier molecular flexibility index (Phi) is 6.27. The number of ether oxygens (including phenoxy) is 1. The van der Waals surface area contributed by atoms with E-state index in [1.165, 1.54) is 11.1 Å². The van der Waals surface area contributed by atoms with Gasteiger partial charge in [0.05, 0.1) is 11.1 Å². The molecule has 3 heteroatoms. The molecule has 0 aliphatic carbocycles. The van der Waals surface area contributed by atoms with E-state index in [0.29, 0.717) is 0 Å². The molecule has 2 nitrogen and oxygen atoms in total. The number of nitrogens with two attached hydrogens (primary N) is 1. The second-order valence-electron chi connectivity index (χ2n) is 5.38. The molecule has 2 aromatic carbocycles. The fourth-order valence-electron chi connectivity index (χ4n) is 2.26. The number of hydrogen-bond acceptors (Lipinski definition) is 2. The summed E-state index contributed by atoms with van der Waals surface area (Å²) in [5, 5.41) is 0. The van der Waals surface area contributed by atoms with E-state index >= 15 is 0 Å². The van der Waals surface area contributed by atoms with Crippen LogP contribution in [-0.4, -0.2) is 12.6 Å². The normalized spacial score (nSPS) is 12.1. The molecule has 1 atom stereocenters. The molecule has 0 saturated carbocycles. The molecule has 2 aromatic rings. The first-order chi connectivity index (χ1) is 10.1. The summed E-state index contributed by atoms with van der Waals surface area (Å²) in [6.07, 6.45) is 2.94. The van der Waals surface area contributed by atoms with Crippen molar-refractivity contribution in [3.05, 3.63) is 64.1 Å². The van der Waals surface area contributed by atoms with Crippen LogP contribution >= 0.6 is 15.9 Å². The zero-order chi connectivity index (χ0) is 15.1. The first kappa shape index (κ1) is 16.1. The average Bonchev–Trinajstić information content (AvgIpc) is 2.46. The summed E-state index contributed by atoms with van der Waals surface area (Å²) in [6.45, 7) is 2.74. The van der Waals surface area contributed by atoms with Gasteiger partial charge in [0, 0.05) is 6.04 Å². The van der Waals surface area contributed by atoms with E-state index in [4.69, 9.17) is 10.5 Å². The molecule has 0 fully saturated rings. The van der Waals surface area contributed by atoms with E-state index in [2.05, 4.69) is 52.3 Å². The number of halogens is 1. The molecule has 0 bridgehead atoms. The van der Waals surface area contributed by atoms with Gasteiger partial charge < -0.3 is 10.5 Å². The monoisotopic (exact) mass is 347 g/mol. The Morgan fingerprint density at radius 1 is 1.10 bits per heavy atom. The Labute approximate surface area is 135 Å². The zero-order valence-electron chi connectivity index (χ0n) is 12.4. The quantitative estimate of drug-likeness (QED) is 0.755. The minimum Gasteiger partial charge on any atom is -0.492 e. The van der Waals surface area contributed by atoms with Gasteiger partial charge in [-0.3, -0.25) is 0 Å². The second kappa shape index (κ2) is 8.20. The number of aryl methyl sites for hydroxylation is 1. The van der Waals surface area contributed by atoms with Crippen molar-refractivity contribution in [2.75, 3.05) is 6.61 Å². The van der Waals surface area contributed by atoms with Crippen LogP contribution in [0, 0.1) is 0 Å². The summed E-state index contributed by atoms with van der Waals surface area (Å²) in [7, 11) is 0. The third kappa shape index (κ3) is 5.52. The fourth-order valence-corrected chi connectivity index (χ4v) is 2.80. The van der Waals surface area contributed by atoms with Gasteiger partial charge in [-0.15, -0.1) is 0 Å². The minimum absolute atomic E-state index is 0.176. The molecule has 0 amide bonds. The van der Waals surface area contributed by atoms with E-state index in [-0.39, 0.29) is 6.04 Å². The molecule has 0 aliphatic rings. The van der Waals surface area contributed by atoms with Crippen molar-refractivity contribution in [2.24, 2.45) is 5.73 Å². The van der Waals surface area contributed by atoms with Crippen molar-refractivity contribution in [3.8, 4) is 5.75 Å². The van der Waals surface area contributed by atoms with Crippen molar-refractivity contribution in [1.82, 2.24) is 0 Å². The van der Waals surface area contributed by atoms with Crippen LogP contribution in [0.1, 0.15) is 24.5 Å². The van der Waals surface area contributed by atoms with E-state index in [9.17, 15) is 0 Å². The number of hydrogen-bond donors (Lipinski definition) is 1. The molecule has 0 aromatic heterocycles. The van der Waals surface area contributed by atoms with Gasteiger partial charge >= 0.3 is 0 Å². The maximum absolute atomic E-state index is 5.84. The van der Waals surface area contributed by atoms with Gasteiger partial charge in [-0.25, -0.2) is 0 Å². The molecular formula is C18H22BrNO. The van der Waals surface area contributed by atoms with Crippen LogP contribution in [-0.2, 0) is 12.8 Å². The SMILES string of the molecule is CC(N)Cc1ccc(OCCCc2ccccc2)c(Br)c1. The lowest BCUT2D eigenvalue weighted by Gasteiger charge is -2.11. The van der Waals surface area contributed by atoms with Gasteiger partial charge in [-0.1, -0.05) is 36.4 Å². The lowest BCUT2D eigenvalue weighted by molar-refractivity contribution is 0.309. The average molecular weight is 348 g/mol. The Morgan fingerprint density at radius 2 is 1.86 bits per heavy atom. The highest BCUT2D eigenvalue weighted by atomic mass is 79.9. The predicted octanol–water partition coefficient (Wildman–Crippen LogP) is 4.35. The maximum atomic E-state index is 5.84. The molecular weight excluding hydrogens is 326 g/mol. The second-order valence-corrected chi connectivity index (χ2v) is 6.24. The van der Waals surface area contributed by atoms with Crippen LogP contribution in [0.4, 0.5) is 0 Å². The first-order valence-electron chi connectivity index (χ1n) is 7.36. The van der Waals surface area contributed by atoms with Crippen LogP contribution < -0.4 is 10.5 Å². The van der Waals surface area contributed by atoms with Crippen LogP contribution in [0.5, 0.6) is 5.75 Å². The summed E-state index contributed by atoms with van der Waals surface area (Å²) in [5.41, 5.74) is 8.40.